The van der Waals surface area contributed by atoms with Crippen molar-refractivity contribution in [3.05, 3.63) is 30.1 Å². The van der Waals surface area contributed by atoms with Crippen molar-refractivity contribution in [3.8, 4) is 0 Å². The lowest BCUT2D eigenvalue weighted by molar-refractivity contribution is -0.132. The Morgan fingerprint density at radius 3 is 2.90 bits per heavy atom. The number of pyridine rings is 1. The number of ether oxygens (including phenoxy) is 1. The van der Waals surface area contributed by atoms with Crippen LogP contribution in [-0.2, 0) is 16.0 Å². The van der Waals surface area contributed by atoms with Gasteiger partial charge in [-0.05, 0) is 38.6 Å². The first-order chi connectivity index (χ1) is 10.1. The van der Waals surface area contributed by atoms with Crippen LogP contribution in [0.1, 0.15) is 18.4 Å². The first kappa shape index (κ1) is 15.9. The Kier molecular flexibility index (Phi) is 6.14. The molecule has 1 aliphatic heterocycles. The zero-order chi connectivity index (χ0) is 15.1. The van der Waals surface area contributed by atoms with Gasteiger partial charge in [0.2, 0.25) is 5.91 Å². The van der Waals surface area contributed by atoms with E-state index in [0.717, 1.165) is 38.1 Å². The van der Waals surface area contributed by atoms with Crippen LogP contribution in [0.5, 0.6) is 0 Å². The third kappa shape index (κ3) is 5.44. The molecule has 21 heavy (non-hydrogen) atoms. The lowest BCUT2D eigenvalue weighted by atomic mass is 10.1. The second-order valence-electron chi connectivity index (χ2n) is 5.82. The molecule has 0 aliphatic carbocycles. The fourth-order valence-corrected chi connectivity index (χ4v) is 2.46. The second-order valence-corrected chi connectivity index (χ2v) is 5.82. The number of carbonyl (C=O) groups excluding carboxylic acids is 1. The van der Waals surface area contributed by atoms with E-state index in [9.17, 15) is 4.79 Å². The van der Waals surface area contributed by atoms with Gasteiger partial charge < -0.3 is 14.5 Å². The summed E-state index contributed by atoms with van der Waals surface area (Å²) in [6, 6.07) is 3.81. The molecule has 0 N–H and O–H groups in total. The van der Waals surface area contributed by atoms with Crippen LogP contribution in [-0.4, -0.2) is 67.1 Å². The van der Waals surface area contributed by atoms with Crippen LogP contribution in [0.4, 0.5) is 0 Å². The van der Waals surface area contributed by atoms with E-state index in [1.165, 1.54) is 0 Å². The molecule has 0 aromatic carbocycles. The minimum Gasteiger partial charge on any atom is -0.376 e. The largest absolute Gasteiger partial charge is 0.376 e. The van der Waals surface area contributed by atoms with Crippen LogP contribution in [0.3, 0.4) is 0 Å². The summed E-state index contributed by atoms with van der Waals surface area (Å²) in [5.41, 5.74) is 0.963. The lowest BCUT2D eigenvalue weighted by Gasteiger charge is -2.27. The van der Waals surface area contributed by atoms with E-state index < -0.39 is 0 Å². The molecule has 2 rings (SSSR count). The average Bonchev–Trinajstić information content (AvgIpc) is 2.97. The van der Waals surface area contributed by atoms with E-state index in [1.807, 2.05) is 31.1 Å². The van der Waals surface area contributed by atoms with E-state index >= 15 is 0 Å². The topological polar surface area (TPSA) is 45.7 Å². The van der Waals surface area contributed by atoms with Crippen molar-refractivity contribution in [1.82, 2.24) is 14.8 Å². The van der Waals surface area contributed by atoms with Gasteiger partial charge in [0.1, 0.15) is 0 Å². The number of amides is 1. The highest BCUT2D eigenvalue weighted by molar-refractivity contribution is 5.78. The highest BCUT2D eigenvalue weighted by Crippen LogP contribution is 2.14. The molecule has 0 radical (unpaired) electrons. The van der Waals surface area contributed by atoms with Gasteiger partial charge in [0.05, 0.1) is 12.5 Å². The lowest BCUT2D eigenvalue weighted by Crippen LogP contribution is -2.42. The number of carbonyl (C=O) groups is 1. The average molecular weight is 291 g/mol. The van der Waals surface area contributed by atoms with Crippen molar-refractivity contribution >= 4 is 5.91 Å². The fraction of sp³-hybridized carbons (Fsp3) is 0.625. The molecule has 1 aliphatic rings. The molecule has 1 unspecified atom stereocenters. The maximum Gasteiger partial charge on any atom is 0.227 e. The molecule has 0 spiro atoms. The van der Waals surface area contributed by atoms with Crippen molar-refractivity contribution in [3.63, 3.8) is 0 Å². The van der Waals surface area contributed by atoms with Crippen LogP contribution >= 0.6 is 0 Å². The Hall–Kier alpha value is -1.46. The molecule has 5 nitrogen and oxygen atoms in total. The fourth-order valence-electron chi connectivity index (χ4n) is 2.46. The summed E-state index contributed by atoms with van der Waals surface area (Å²) in [4.78, 5) is 20.6. The van der Waals surface area contributed by atoms with E-state index in [1.54, 1.807) is 12.4 Å². The van der Waals surface area contributed by atoms with Gasteiger partial charge in [-0.1, -0.05) is 6.07 Å². The predicted molar refractivity (Wildman–Crippen MR) is 82.0 cm³/mol. The molecule has 5 heteroatoms. The van der Waals surface area contributed by atoms with Crippen molar-refractivity contribution in [1.29, 1.82) is 0 Å². The van der Waals surface area contributed by atoms with Gasteiger partial charge in [-0.15, -0.1) is 0 Å². The minimum absolute atomic E-state index is 0.153. The van der Waals surface area contributed by atoms with Gasteiger partial charge in [0, 0.05) is 38.6 Å². The predicted octanol–water partition coefficient (Wildman–Crippen LogP) is 1.19. The van der Waals surface area contributed by atoms with Gasteiger partial charge in [-0.3, -0.25) is 9.78 Å². The van der Waals surface area contributed by atoms with Gasteiger partial charge in [0.15, 0.2) is 0 Å². The van der Waals surface area contributed by atoms with Crippen LogP contribution in [0.25, 0.3) is 0 Å². The van der Waals surface area contributed by atoms with Gasteiger partial charge in [-0.25, -0.2) is 0 Å². The standard InChI is InChI=1S/C16H25N3O2/c1-18(2)8-9-19(13-15-6-4-10-21-15)16(20)11-14-5-3-7-17-12-14/h3,5,7,12,15H,4,6,8-11,13H2,1-2H3. The third-order valence-corrected chi connectivity index (χ3v) is 3.70. The maximum absolute atomic E-state index is 12.5. The molecule has 0 bridgehead atoms. The summed E-state index contributed by atoms with van der Waals surface area (Å²) < 4.78 is 5.67. The SMILES string of the molecule is CN(C)CCN(CC1CCCO1)C(=O)Cc1cccnc1. The van der Waals surface area contributed by atoms with Crippen molar-refractivity contribution in [2.75, 3.05) is 40.3 Å². The first-order valence-electron chi connectivity index (χ1n) is 7.58. The summed E-state index contributed by atoms with van der Waals surface area (Å²) in [7, 11) is 4.05. The number of likely N-dealkylation sites (N-methyl/N-ethyl adjacent to an activating group) is 1. The molecular weight excluding hydrogens is 266 g/mol. The third-order valence-electron chi connectivity index (χ3n) is 3.70. The highest BCUT2D eigenvalue weighted by Gasteiger charge is 2.22. The quantitative estimate of drug-likeness (QED) is 0.757. The van der Waals surface area contributed by atoms with Crippen LogP contribution in [0, 0.1) is 0 Å². The van der Waals surface area contributed by atoms with E-state index in [-0.39, 0.29) is 12.0 Å². The van der Waals surface area contributed by atoms with Gasteiger partial charge in [0.25, 0.3) is 0 Å². The summed E-state index contributed by atoms with van der Waals surface area (Å²) in [5, 5.41) is 0. The van der Waals surface area contributed by atoms with Gasteiger partial charge >= 0.3 is 0 Å². The molecule has 1 amide bonds. The van der Waals surface area contributed by atoms with E-state index in [2.05, 4.69) is 9.88 Å². The Bertz CT molecular complexity index is 430. The molecule has 2 heterocycles. The van der Waals surface area contributed by atoms with E-state index in [4.69, 9.17) is 4.74 Å². The Balaban J connectivity index is 1.93. The monoisotopic (exact) mass is 291 g/mol. The number of hydrogen-bond donors (Lipinski definition) is 0. The van der Waals surface area contributed by atoms with Crippen molar-refractivity contribution < 1.29 is 9.53 Å². The maximum atomic E-state index is 12.5. The van der Waals surface area contributed by atoms with E-state index in [0.29, 0.717) is 13.0 Å². The number of hydrogen-bond acceptors (Lipinski definition) is 4. The first-order valence-corrected chi connectivity index (χ1v) is 7.58. The van der Waals surface area contributed by atoms with Crippen LogP contribution in [0.2, 0.25) is 0 Å². The minimum atomic E-state index is 0.153. The van der Waals surface area contributed by atoms with Crippen LogP contribution < -0.4 is 0 Å². The summed E-state index contributed by atoms with van der Waals surface area (Å²) in [5.74, 6) is 0.153. The van der Waals surface area contributed by atoms with Crippen molar-refractivity contribution in [2.45, 2.75) is 25.4 Å². The molecule has 1 atom stereocenters. The summed E-state index contributed by atoms with van der Waals surface area (Å²) >= 11 is 0. The molecule has 1 aromatic rings. The molecular formula is C16H25N3O2. The highest BCUT2D eigenvalue weighted by atomic mass is 16.5. The van der Waals surface area contributed by atoms with Gasteiger partial charge in [-0.2, -0.15) is 0 Å². The Morgan fingerprint density at radius 1 is 1.43 bits per heavy atom. The second kappa shape index (κ2) is 8.10. The summed E-state index contributed by atoms with van der Waals surface area (Å²) in [6.07, 6.45) is 6.25. The normalized spacial score (nSPS) is 18.1. The molecule has 1 aromatic heterocycles. The molecule has 116 valence electrons. The number of nitrogens with zero attached hydrogens (tertiary/aromatic N) is 3. The zero-order valence-corrected chi connectivity index (χ0v) is 13.0. The summed E-state index contributed by atoms with van der Waals surface area (Å²) in [6.45, 7) is 3.13. The Labute approximate surface area is 126 Å². The molecule has 0 saturated carbocycles. The smallest absolute Gasteiger partial charge is 0.227 e. The molecule has 1 fully saturated rings. The zero-order valence-electron chi connectivity index (χ0n) is 13.0. The van der Waals surface area contributed by atoms with Crippen molar-refractivity contribution in [2.24, 2.45) is 0 Å². The number of aromatic nitrogens is 1. The van der Waals surface area contributed by atoms with Crippen LogP contribution in [0.15, 0.2) is 24.5 Å². The Morgan fingerprint density at radius 2 is 2.29 bits per heavy atom. The molecule has 1 saturated heterocycles. The number of rotatable bonds is 7.